The summed E-state index contributed by atoms with van der Waals surface area (Å²) >= 11 is 8.05. The van der Waals surface area contributed by atoms with Crippen molar-refractivity contribution in [2.45, 2.75) is 61.4 Å². The van der Waals surface area contributed by atoms with Crippen molar-refractivity contribution >= 4 is 66.2 Å². The molecular formula is C24H27F2N9O11P2S2. The second kappa shape index (κ2) is 13.1. The van der Waals surface area contributed by atoms with Crippen molar-refractivity contribution in [3.63, 3.8) is 0 Å². The fraction of sp³-hybridized carbons (Fsp3) is 0.583. The predicted octanol–water partition coefficient (Wildman–Crippen LogP) is 1.56. The number of alkyl halides is 2. The number of ether oxygens (including phenoxy) is 3. The van der Waals surface area contributed by atoms with E-state index in [1.165, 1.54) is 21.8 Å². The minimum Gasteiger partial charge on any atom is -0.473 e. The molecule has 4 aromatic heterocycles. The van der Waals surface area contributed by atoms with Gasteiger partial charge < -0.3 is 29.7 Å². The van der Waals surface area contributed by atoms with E-state index in [1.807, 2.05) is 0 Å². The summed E-state index contributed by atoms with van der Waals surface area (Å²) in [6.07, 6.45) is -11.6. The van der Waals surface area contributed by atoms with Gasteiger partial charge in [-0.2, -0.15) is 4.98 Å². The molecule has 9 heterocycles. The van der Waals surface area contributed by atoms with Crippen molar-refractivity contribution in [3.8, 4) is 5.88 Å². The van der Waals surface area contributed by atoms with Crippen LogP contribution in [0.2, 0.25) is 0 Å². The lowest BCUT2D eigenvalue weighted by molar-refractivity contribution is -0.0544. The second-order valence-corrected chi connectivity index (χ2v) is 17.3. The Labute approximate surface area is 289 Å². The Morgan fingerprint density at radius 3 is 1.90 bits per heavy atom. The Morgan fingerprint density at radius 1 is 0.760 bits per heavy atom. The van der Waals surface area contributed by atoms with Crippen LogP contribution < -0.4 is 10.1 Å². The van der Waals surface area contributed by atoms with Crippen molar-refractivity contribution in [1.82, 2.24) is 39.0 Å². The van der Waals surface area contributed by atoms with Crippen LogP contribution >= 0.6 is 38.1 Å². The number of nitrogens with one attached hydrogen (secondary N) is 1. The van der Waals surface area contributed by atoms with Crippen LogP contribution in [0.25, 0.3) is 22.3 Å². The SMILES string of the molecule is O=[P@]1(S)OCC2OC3[C@H](F)[C@@H]2O[P@](=O)(S)OCC2OC([C@H](F)[C@@H]2O1)n1cnc2c(ncnc21)NC[C@H](O)[C@@H](O)COc1ncnc2c1ncn23. The molecule has 9 rings (SSSR count). The standard InChI is InChI=1S/C24H27F2N9O11P2S2/c25-13-17-11-3-41-48(39,50)46-18-12(4-42-47(38,49)45-17)44-24(14(18)26)35-8-33-16-21(35)30-6-31-22(16)40-2-10(37)9(36)1-27-19-15-20(29-5-28-19)34(7-32-15)23(13)43-11/h5-14,17-18,23-24,36-37H,1-4H2,(H,38,49)(H,39,50)(H,27,28,29)/t9-,10-,11?,12?,13+,14+,17+,18+,23?,24?,47-,48+/m0/s1. The van der Waals surface area contributed by atoms with Gasteiger partial charge in [-0.3, -0.25) is 27.2 Å². The van der Waals surface area contributed by atoms with E-state index >= 15 is 8.78 Å². The van der Waals surface area contributed by atoms with Gasteiger partial charge in [0, 0.05) is 6.54 Å². The zero-order valence-corrected chi connectivity index (χ0v) is 28.7. The number of aromatic nitrogens is 8. The first-order valence-electron chi connectivity index (χ1n) is 14.9. The molecule has 14 bridgehead atoms. The van der Waals surface area contributed by atoms with Crippen molar-refractivity contribution in [2.75, 3.05) is 31.7 Å². The van der Waals surface area contributed by atoms with Gasteiger partial charge in [-0.1, -0.05) is 24.5 Å². The van der Waals surface area contributed by atoms with Gasteiger partial charge in [0.05, 0.1) is 25.9 Å². The van der Waals surface area contributed by atoms with Gasteiger partial charge in [0.2, 0.25) is 5.88 Å². The van der Waals surface area contributed by atoms with E-state index in [9.17, 15) is 19.3 Å². The first-order valence-corrected chi connectivity index (χ1v) is 20.3. The number of aliphatic hydroxyl groups is 2. The molecular weight excluding hydrogens is 754 g/mol. The first kappa shape index (κ1) is 34.5. The Bertz CT molecular complexity index is 1880. The molecule has 0 saturated carbocycles. The van der Waals surface area contributed by atoms with Crippen molar-refractivity contribution in [3.05, 3.63) is 25.3 Å². The average Bonchev–Trinajstić information content (AvgIpc) is 3.85. The molecule has 5 aliphatic rings. The van der Waals surface area contributed by atoms with Crippen molar-refractivity contribution < 1.29 is 60.4 Å². The van der Waals surface area contributed by atoms with Gasteiger partial charge in [0.1, 0.15) is 55.9 Å². The van der Waals surface area contributed by atoms with Gasteiger partial charge in [-0.25, -0.2) is 42.8 Å². The fourth-order valence-corrected chi connectivity index (χ4v) is 8.93. The molecule has 3 N–H and O–H groups in total. The highest BCUT2D eigenvalue weighted by molar-refractivity contribution is 8.44. The molecule has 4 unspecified atom stereocenters. The Balaban J connectivity index is 1.21. The summed E-state index contributed by atoms with van der Waals surface area (Å²) in [5.41, 5.74) is 0.290. The maximum atomic E-state index is 16.3. The summed E-state index contributed by atoms with van der Waals surface area (Å²) < 4.78 is 101. The molecule has 26 heteroatoms. The van der Waals surface area contributed by atoms with Crippen LogP contribution in [0.3, 0.4) is 0 Å². The number of aliphatic hydroxyl groups excluding tert-OH is 2. The first-order chi connectivity index (χ1) is 23.9. The number of nitrogens with zero attached hydrogens (tertiary/aromatic N) is 8. The predicted molar refractivity (Wildman–Crippen MR) is 169 cm³/mol. The normalized spacial score (nSPS) is 39.6. The third-order valence-corrected chi connectivity index (χ3v) is 11.6. The van der Waals surface area contributed by atoms with Gasteiger partial charge in [0.25, 0.3) is 0 Å². The van der Waals surface area contributed by atoms with Crippen LogP contribution in [0.5, 0.6) is 5.88 Å². The van der Waals surface area contributed by atoms with E-state index in [4.69, 9.17) is 32.3 Å². The van der Waals surface area contributed by atoms with Gasteiger partial charge >= 0.3 is 13.6 Å². The van der Waals surface area contributed by atoms with Crippen LogP contribution in [0, 0.1) is 0 Å². The van der Waals surface area contributed by atoms with E-state index < -0.39 is 94.8 Å². The molecule has 0 aliphatic carbocycles. The summed E-state index contributed by atoms with van der Waals surface area (Å²) in [5, 5.41) is 24.2. The maximum Gasteiger partial charge on any atom is 0.386 e. The molecule has 12 atom stereocenters. The van der Waals surface area contributed by atoms with Crippen LogP contribution in [-0.2, 0) is 36.7 Å². The van der Waals surface area contributed by atoms with E-state index in [2.05, 4.69) is 59.7 Å². The Kier molecular flexibility index (Phi) is 9.04. The minimum atomic E-state index is -4.44. The number of hydrogen-bond acceptors (Lipinski definition) is 18. The Morgan fingerprint density at radius 2 is 1.30 bits per heavy atom. The molecule has 270 valence electrons. The lowest BCUT2D eigenvalue weighted by Gasteiger charge is -2.28. The summed E-state index contributed by atoms with van der Waals surface area (Å²) in [7, 11) is 0. The number of rotatable bonds is 0. The van der Waals surface area contributed by atoms with E-state index in [0.717, 1.165) is 12.7 Å². The highest BCUT2D eigenvalue weighted by Gasteiger charge is 2.54. The van der Waals surface area contributed by atoms with E-state index in [0.29, 0.717) is 0 Å². The lowest BCUT2D eigenvalue weighted by Crippen LogP contribution is -2.37. The number of hydrogen-bond donors (Lipinski definition) is 5. The van der Waals surface area contributed by atoms with Gasteiger partial charge in [-0.15, -0.1) is 0 Å². The van der Waals surface area contributed by atoms with Crippen LogP contribution in [0.15, 0.2) is 25.3 Å². The van der Waals surface area contributed by atoms with Gasteiger partial charge in [0.15, 0.2) is 52.9 Å². The summed E-state index contributed by atoms with van der Waals surface area (Å²) in [4.78, 5) is 25.0. The quantitative estimate of drug-likeness (QED) is 0.126. The minimum absolute atomic E-state index is 0.0290. The van der Waals surface area contributed by atoms with E-state index in [1.54, 1.807) is 0 Å². The zero-order chi connectivity index (χ0) is 34.9. The summed E-state index contributed by atoms with van der Waals surface area (Å²) in [6.45, 7) is -10.9. The summed E-state index contributed by atoms with van der Waals surface area (Å²) in [5.74, 6) is 0.0219. The number of imidazole rings is 2. The molecule has 50 heavy (non-hydrogen) atoms. The molecule has 4 aromatic rings. The number of halogens is 2. The smallest absolute Gasteiger partial charge is 0.386 e. The average molecular weight is 782 g/mol. The molecule has 3 fully saturated rings. The van der Waals surface area contributed by atoms with Crippen LogP contribution in [0.1, 0.15) is 12.5 Å². The van der Waals surface area contributed by atoms with Crippen molar-refractivity contribution in [2.24, 2.45) is 0 Å². The number of thiol groups is 2. The largest absolute Gasteiger partial charge is 0.473 e. The Hall–Kier alpha value is -2.60. The highest BCUT2D eigenvalue weighted by Crippen LogP contribution is 2.60. The number of fused-ring (bicyclic) bond motifs is 11. The third kappa shape index (κ3) is 6.28. The third-order valence-electron chi connectivity index (χ3n) is 8.39. The van der Waals surface area contributed by atoms with Gasteiger partial charge in [-0.05, 0) is 0 Å². The molecule has 0 radical (unpaired) electrons. The van der Waals surface area contributed by atoms with Crippen molar-refractivity contribution in [1.29, 1.82) is 0 Å². The number of anilines is 1. The molecule has 0 aromatic carbocycles. The summed E-state index contributed by atoms with van der Waals surface area (Å²) in [6, 6.07) is 0. The maximum absolute atomic E-state index is 16.3. The highest BCUT2D eigenvalue weighted by atomic mass is 32.7. The molecule has 3 saturated heterocycles. The zero-order valence-electron chi connectivity index (χ0n) is 25.1. The lowest BCUT2D eigenvalue weighted by atomic mass is 10.1. The second-order valence-electron chi connectivity index (χ2n) is 11.6. The van der Waals surface area contributed by atoms with E-state index in [-0.39, 0.29) is 40.6 Å². The van der Waals surface area contributed by atoms with Crippen LogP contribution in [-0.4, -0.2) is 125 Å². The molecule has 0 spiro atoms. The molecule has 5 aliphatic heterocycles. The topological polar surface area (TPSA) is 238 Å². The fourth-order valence-electron chi connectivity index (χ4n) is 5.96. The van der Waals surface area contributed by atoms with Crippen LogP contribution in [0.4, 0.5) is 14.6 Å². The monoisotopic (exact) mass is 781 g/mol. The molecule has 20 nitrogen and oxygen atoms in total. The molecule has 0 amide bonds.